The van der Waals surface area contributed by atoms with Gasteiger partial charge in [-0.05, 0) is 0 Å². The molecule has 0 amide bonds. The van der Waals surface area contributed by atoms with Gasteiger partial charge in [0.2, 0.25) is 0 Å². The number of hydroxylamine groups is 2. The fraction of sp³-hybridized carbons (Fsp3) is 1.00. The van der Waals surface area contributed by atoms with Gasteiger partial charge >= 0.3 is 0 Å². The molecule has 0 bridgehead atoms. The molecule has 0 fully saturated rings. The van der Waals surface area contributed by atoms with Crippen LogP contribution in [0.1, 0.15) is 0 Å². The molecule has 0 atom stereocenters. The van der Waals surface area contributed by atoms with Gasteiger partial charge in [0.15, 0.2) is 0 Å². The first kappa shape index (κ1) is 6.88. The highest BCUT2D eigenvalue weighted by Gasteiger charge is 2.07. The Kier molecular flexibility index (Phi) is 2.22. The Bertz CT molecular complexity index is 47.7. The Morgan fingerprint density at radius 2 is 1.86 bits per heavy atom. The Morgan fingerprint density at radius 3 is 1.86 bits per heavy atom. The lowest BCUT2D eigenvalue weighted by Gasteiger charge is -2.21. The van der Waals surface area contributed by atoms with Crippen LogP contribution in [0.15, 0.2) is 0 Å². The van der Waals surface area contributed by atoms with Crippen LogP contribution in [0, 0.1) is 0 Å². The van der Waals surface area contributed by atoms with Gasteiger partial charge in [-0.25, -0.2) is 0 Å². The Hall–Kier alpha value is -0.120. The second-order valence-corrected chi connectivity index (χ2v) is 1.76. The standard InChI is InChI=1S/C4H13N2O/c1-5-6(2,3)7-4/h5H,1-4H3/q+1. The van der Waals surface area contributed by atoms with Gasteiger partial charge in [-0.1, -0.05) is 0 Å². The Labute approximate surface area is 44.4 Å². The molecule has 0 saturated heterocycles. The van der Waals surface area contributed by atoms with Crippen LogP contribution in [0.25, 0.3) is 0 Å². The van der Waals surface area contributed by atoms with Crippen LogP contribution in [0.3, 0.4) is 0 Å². The predicted molar refractivity (Wildman–Crippen MR) is 28.2 cm³/mol. The largest absolute Gasteiger partial charge is 0.186 e. The van der Waals surface area contributed by atoms with Gasteiger partial charge < -0.3 is 0 Å². The third-order valence-electron chi connectivity index (χ3n) is 0.995. The van der Waals surface area contributed by atoms with E-state index >= 15 is 0 Å². The minimum absolute atomic E-state index is 0.389. The third-order valence-corrected chi connectivity index (χ3v) is 0.995. The van der Waals surface area contributed by atoms with Crippen LogP contribution >= 0.6 is 0 Å². The van der Waals surface area contributed by atoms with Crippen molar-refractivity contribution >= 4 is 0 Å². The topological polar surface area (TPSA) is 21.3 Å². The Balaban J connectivity index is 3.36. The monoisotopic (exact) mass is 105 g/mol. The van der Waals surface area contributed by atoms with Gasteiger partial charge in [0.25, 0.3) is 0 Å². The normalized spacial score (nSPS) is 12.0. The van der Waals surface area contributed by atoms with Gasteiger partial charge in [-0.2, -0.15) is 4.84 Å². The van der Waals surface area contributed by atoms with Crippen molar-refractivity contribution in [2.45, 2.75) is 0 Å². The van der Waals surface area contributed by atoms with Crippen molar-refractivity contribution in [1.29, 1.82) is 0 Å². The highest BCUT2D eigenvalue weighted by atomic mass is 16.7. The van der Waals surface area contributed by atoms with E-state index in [9.17, 15) is 0 Å². The molecular formula is C4H13N2O+. The lowest BCUT2D eigenvalue weighted by Crippen LogP contribution is -2.48. The van der Waals surface area contributed by atoms with Crippen LogP contribution in [-0.4, -0.2) is 33.0 Å². The van der Waals surface area contributed by atoms with E-state index in [1.165, 1.54) is 0 Å². The average molecular weight is 105 g/mol. The van der Waals surface area contributed by atoms with Crippen molar-refractivity contribution in [3.8, 4) is 0 Å². The smallest absolute Gasteiger partial charge is 0.118 e. The molecule has 0 unspecified atom stereocenters. The molecule has 3 nitrogen and oxygen atoms in total. The molecular weight excluding hydrogens is 92.1 g/mol. The number of hydrogen-bond donors (Lipinski definition) is 1. The lowest BCUT2D eigenvalue weighted by atomic mass is 11.1. The highest BCUT2D eigenvalue weighted by Crippen LogP contribution is 1.84. The van der Waals surface area contributed by atoms with Crippen LogP contribution in [-0.2, 0) is 4.84 Å². The maximum atomic E-state index is 4.91. The third kappa shape index (κ3) is 2.56. The molecule has 0 aliphatic carbocycles. The van der Waals surface area contributed by atoms with Crippen molar-refractivity contribution in [2.75, 3.05) is 28.3 Å². The quantitative estimate of drug-likeness (QED) is 0.386. The number of nitrogens with zero attached hydrogens (tertiary/aromatic N) is 1. The molecule has 7 heavy (non-hydrogen) atoms. The van der Waals surface area contributed by atoms with E-state index in [4.69, 9.17) is 4.84 Å². The molecule has 0 rings (SSSR count). The second kappa shape index (κ2) is 2.26. The molecule has 0 aromatic heterocycles. The number of nitrogens with one attached hydrogen (secondary N) is 1. The van der Waals surface area contributed by atoms with Gasteiger partial charge in [-0.3, -0.25) is 0 Å². The van der Waals surface area contributed by atoms with E-state index < -0.39 is 0 Å². The van der Waals surface area contributed by atoms with E-state index in [0.717, 1.165) is 0 Å². The maximum Gasteiger partial charge on any atom is 0.118 e. The van der Waals surface area contributed by atoms with Crippen molar-refractivity contribution in [2.24, 2.45) is 0 Å². The minimum Gasteiger partial charge on any atom is -0.186 e. The van der Waals surface area contributed by atoms with Crippen molar-refractivity contribution in [1.82, 2.24) is 5.43 Å². The second-order valence-electron chi connectivity index (χ2n) is 1.76. The molecule has 0 heterocycles. The van der Waals surface area contributed by atoms with Crippen LogP contribution in [0.4, 0.5) is 0 Å². The summed E-state index contributed by atoms with van der Waals surface area (Å²) in [5.74, 6) is 0. The van der Waals surface area contributed by atoms with Crippen LogP contribution in [0.5, 0.6) is 0 Å². The van der Waals surface area contributed by atoms with Crippen molar-refractivity contribution in [3.63, 3.8) is 0 Å². The zero-order chi connectivity index (χ0) is 5.91. The first-order valence-electron chi connectivity index (χ1n) is 2.21. The molecule has 3 heteroatoms. The maximum absolute atomic E-state index is 4.91. The molecule has 0 aliphatic rings. The van der Waals surface area contributed by atoms with Crippen LogP contribution < -0.4 is 5.43 Å². The SMILES string of the molecule is CN[N+](C)(C)OC. The zero-order valence-electron chi connectivity index (χ0n) is 5.36. The van der Waals surface area contributed by atoms with Gasteiger partial charge in [0.05, 0.1) is 7.11 Å². The summed E-state index contributed by atoms with van der Waals surface area (Å²) in [6, 6.07) is 0. The van der Waals surface area contributed by atoms with Gasteiger partial charge in [0, 0.05) is 7.05 Å². The summed E-state index contributed by atoms with van der Waals surface area (Å²) in [5, 5.41) is 0. The van der Waals surface area contributed by atoms with Crippen molar-refractivity contribution < 1.29 is 9.59 Å². The molecule has 0 aromatic rings. The average Bonchev–Trinajstić information content (AvgIpc) is 1.68. The molecule has 0 aliphatic heterocycles. The summed E-state index contributed by atoms with van der Waals surface area (Å²) < 4.78 is 0.389. The van der Waals surface area contributed by atoms with E-state index in [0.29, 0.717) is 4.76 Å². The summed E-state index contributed by atoms with van der Waals surface area (Å²) >= 11 is 0. The number of quaternary nitrogens is 1. The fourth-order valence-corrected chi connectivity index (χ4v) is 0.0913. The summed E-state index contributed by atoms with van der Waals surface area (Å²) in [6.45, 7) is 0. The summed E-state index contributed by atoms with van der Waals surface area (Å²) in [4.78, 5) is 4.91. The summed E-state index contributed by atoms with van der Waals surface area (Å²) in [6.07, 6.45) is 0. The van der Waals surface area contributed by atoms with E-state index in [1.54, 1.807) is 7.11 Å². The lowest BCUT2D eigenvalue weighted by molar-refractivity contribution is -1.11. The van der Waals surface area contributed by atoms with E-state index in [1.807, 2.05) is 21.1 Å². The zero-order valence-corrected chi connectivity index (χ0v) is 5.36. The predicted octanol–water partition coefficient (Wildman–Crippen LogP) is -0.241. The molecule has 44 valence electrons. The van der Waals surface area contributed by atoms with Gasteiger partial charge in [0.1, 0.15) is 14.1 Å². The first-order valence-corrected chi connectivity index (χ1v) is 2.21. The van der Waals surface area contributed by atoms with E-state index in [-0.39, 0.29) is 0 Å². The summed E-state index contributed by atoms with van der Waals surface area (Å²) in [7, 11) is 7.29. The van der Waals surface area contributed by atoms with E-state index in [2.05, 4.69) is 5.43 Å². The molecule has 1 N–H and O–H groups in total. The number of hydrogen-bond acceptors (Lipinski definition) is 2. The molecule has 0 aromatic carbocycles. The summed E-state index contributed by atoms with van der Waals surface area (Å²) in [5.41, 5.74) is 2.91. The van der Waals surface area contributed by atoms with Gasteiger partial charge in [-0.15, -0.1) is 10.2 Å². The fourth-order valence-electron chi connectivity index (χ4n) is 0.0913. The number of rotatable bonds is 2. The van der Waals surface area contributed by atoms with Crippen molar-refractivity contribution in [3.05, 3.63) is 0 Å². The highest BCUT2D eigenvalue weighted by molar-refractivity contribution is 3.87. The molecule has 0 radical (unpaired) electrons. The van der Waals surface area contributed by atoms with Crippen LogP contribution in [0.2, 0.25) is 0 Å². The molecule has 0 saturated carbocycles. The minimum atomic E-state index is 0.389. The first-order chi connectivity index (χ1) is 3.12. The Morgan fingerprint density at radius 1 is 1.43 bits per heavy atom. The molecule has 0 spiro atoms.